The van der Waals surface area contributed by atoms with Crippen LogP contribution < -0.4 is 4.74 Å². The van der Waals surface area contributed by atoms with Crippen LogP contribution in [0.3, 0.4) is 0 Å². The third-order valence-electron chi connectivity index (χ3n) is 3.72. The van der Waals surface area contributed by atoms with Gasteiger partial charge in [0.2, 0.25) is 0 Å². The number of benzene rings is 1. The monoisotopic (exact) mass is 303 g/mol. The van der Waals surface area contributed by atoms with Crippen LogP contribution in [0.25, 0.3) is 0 Å². The number of halogens is 3. The molecule has 1 heterocycles. The first kappa shape index (κ1) is 16.1. The van der Waals surface area contributed by atoms with Crippen molar-refractivity contribution in [1.82, 2.24) is 4.90 Å². The minimum Gasteiger partial charge on any atom is -0.484 e. The Bertz CT molecular complexity index is 445. The van der Waals surface area contributed by atoms with Gasteiger partial charge < -0.3 is 9.84 Å². The molecule has 0 saturated carbocycles. The van der Waals surface area contributed by atoms with Crippen LogP contribution in [0, 0.1) is 5.92 Å². The molecular formula is C15H20F3NO2. The number of ether oxygens (including phenoxy) is 1. The van der Waals surface area contributed by atoms with Crippen molar-refractivity contribution < 1.29 is 23.0 Å². The average Bonchev–Trinajstić information content (AvgIpc) is 2.86. The molecule has 118 valence electrons. The van der Waals surface area contributed by atoms with E-state index in [1.807, 2.05) is 0 Å². The fourth-order valence-electron chi connectivity index (χ4n) is 2.51. The van der Waals surface area contributed by atoms with E-state index in [1.54, 1.807) is 31.2 Å². The summed E-state index contributed by atoms with van der Waals surface area (Å²) >= 11 is 0. The first-order valence-electron chi connectivity index (χ1n) is 7.02. The minimum atomic E-state index is -4.32. The van der Waals surface area contributed by atoms with Crippen LogP contribution in [0.15, 0.2) is 24.3 Å². The van der Waals surface area contributed by atoms with Gasteiger partial charge in [0, 0.05) is 13.1 Å². The molecule has 0 amide bonds. The van der Waals surface area contributed by atoms with Crippen LogP contribution in [0.5, 0.6) is 5.75 Å². The van der Waals surface area contributed by atoms with Gasteiger partial charge in [-0.05, 0) is 43.5 Å². The Labute approximate surface area is 122 Å². The summed E-state index contributed by atoms with van der Waals surface area (Å²) in [6, 6.07) is 6.68. The van der Waals surface area contributed by atoms with E-state index >= 15 is 0 Å². The summed E-state index contributed by atoms with van der Waals surface area (Å²) in [6.07, 6.45) is -3.64. The summed E-state index contributed by atoms with van der Waals surface area (Å²) in [5.74, 6) is 0.527. The second-order valence-electron chi connectivity index (χ2n) is 5.57. The molecule has 1 aliphatic rings. The molecule has 0 aliphatic carbocycles. The van der Waals surface area contributed by atoms with Gasteiger partial charge in [-0.3, -0.25) is 4.90 Å². The van der Waals surface area contributed by atoms with E-state index in [0.717, 1.165) is 31.6 Å². The van der Waals surface area contributed by atoms with Crippen molar-refractivity contribution in [1.29, 1.82) is 0 Å². The highest BCUT2D eigenvalue weighted by molar-refractivity contribution is 5.27. The molecule has 0 aromatic heterocycles. The number of hydrogen-bond acceptors (Lipinski definition) is 3. The lowest BCUT2D eigenvalue weighted by molar-refractivity contribution is -0.153. The van der Waals surface area contributed by atoms with Crippen molar-refractivity contribution in [2.24, 2.45) is 5.92 Å². The number of alkyl halides is 3. The van der Waals surface area contributed by atoms with Crippen LogP contribution in [-0.4, -0.2) is 42.0 Å². The van der Waals surface area contributed by atoms with E-state index in [1.165, 1.54) is 0 Å². The van der Waals surface area contributed by atoms with Crippen LogP contribution in [-0.2, 0) is 6.54 Å². The van der Waals surface area contributed by atoms with Crippen molar-refractivity contribution in [3.8, 4) is 5.75 Å². The fourth-order valence-corrected chi connectivity index (χ4v) is 2.51. The van der Waals surface area contributed by atoms with Gasteiger partial charge in [-0.25, -0.2) is 0 Å². The number of hydrogen-bond donors (Lipinski definition) is 1. The molecule has 1 saturated heterocycles. The molecule has 0 spiro atoms. The Morgan fingerprint density at radius 2 is 2.00 bits per heavy atom. The predicted octanol–water partition coefficient (Wildman–Crippen LogP) is 2.83. The lowest BCUT2D eigenvalue weighted by atomic mass is 10.0. The highest BCUT2D eigenvalue weighted by Gasteiger charge is 2.28. The van der Waals surface area contributed by atoms with Gasteiger partial charge in [0.15, 0.2) is 6.61 Å². The normalized spacial score (nSPS) is 21.5. The number of nitrogens with zero attached hydrogens (tertiary/aromatic N) is 1. The van der Waals surface area contributed by atoms with Gasteiger partial charge in [0.1, 0.15) is 5.75 Å². The van der Waals surface area contributed by atoms with Crippen molar-refractivity contribution in [2.75, 3.05) is 19.7 Å². The Morgan fingerprint density at radius 1 is 1.33 bits per heavy atom. The largest absolute Gasteiger partial charge is 0.484 e. The lowest BCUT2D eigenvalue weighted by Crippen LogP contribution is -2.24. The summed E-state index contributed by atoms with van der Waals surface area (Å²) in [5.41, 5.74) is 1.03. The average molecular weight is 303 g/mol. The molecule has 1 N–H and O–H groups in total. The molecule has 2 rings (SSSR count). The summed E-state index contributed by atoms with van der Waals surface area (Å²) in [7, 11) is 0. The molecule has 1 fully saturated rings. The highest BCUT2D eigenvalue weighted by Crippen LogP contribution is 2.23. The molecule has 0 radical (unpaired) electrons. The zero-order chi connectivity index (χ0) is 15.5. The van der Waals surface area contributed by atoms with E-state index in [-0.39, 0.29) is 11.9 Å². The van der Waals surface area contributed by atoms with Crippen LogP contribution >= 0.6 is 0 Å². The second kappa shape index (κ2) is 6.66. The topological polar surface area (TPSA) is 32.7 Å². The van der Waals surface area contributed by atoms with E-state index < -0.39 is 12.8 Å². The zero-order valence-corrected chi connectivity index (χ0v) is 11.9. The predicted molar refractivity (Wildman–Crippen MR) is 73.1 cm³/mol. The van der Waals surface area contributed by atoms with E-state index in [2.05, 4.69) is 9.64 Å². The molecule has 2 atom stereocenters. The van der Waals surface area contributed by atoms with Gasteiger partial charge in [-0.15, -0.1) is 0 Å². The lowest BCUT2D eigenvalue weighted by Gasteiger charge is -2.17. The summed E-state index contributed by atoms with van der Waals surface area (Å²) in [4.78, 5) is 2.24. The van der Waals surface area contributed by atoms with Crippen molar-refractivity contribution in [2.45, 2.75) is 32.2 Å². The summed E-state index contributed by atoms with van der Waals surface area (Å²) in [5, 5.41) is 9.56. The van der Waals surface area contributed by atoms with E-state index in [4.69, 9.17) is 0 Å². The summed E-state index contributed by atoms with van der Waals surface area (Å²) < 4.78 is 40.8. The molecule has 21 heavy (non-hydrogen) atoms. The van der Waals surface area contributed by atoms with E-state index in [9.17, 15) is 18.3 Å². The van der Waals surface area contributed by atoms with Crippen molar-refractivity contribution in [3.63, 3.8) is 0 Å². The maximum atomic E-state index is 12.0. The number of aliphatic hydroxyl groups is 1. The molecule has 1 aliphatic heterocycles. The molecule has 1 aromatic rings. The Balaban J connectivity index is 1.83. The molecule has 2 unspecified atom stereocenters. The maximum absolute atomic E-state index is 12.0. The maximum Gasteiger partial charge on any atom is 0.422 e. The third kappa shape index (κ3) is 5.21. The van der Waals surface area contributed by atoms with Gasteiger partial charge >= 0.3 is 6.18 Å². The van der Waals surface area contributed by atoms with Crippen molar-refractivity contribution >= 4 is 0 Å². The molecular weight excluding hydrogens is 283 g/mol. The van der Waals surface area contributed by atoms with Gasteiger partial charge in [-0.1, -0.05) is 12.1 Å². The second-order valence-corrected chi connectivity index (χ2v) is 5.57. The molecule has 1 aromatic carbocycles. The van der Waals surface area contributed by atoms with Gasteiger partial charge in [-0.2, -0.15) is 13.2 Å². The molecule has 0 bridgehead atoms. The molecule has 6 heteroatoms. The quantitative estimate of drug-likeness (QED) is 0.908. The van der Waals surface area contributed by atoms with Crippen LogP contribution in [0.1, 0.15) is 18.9 Å². The van der Waals surface area contributed by atoms with Gasteiger partial charge in [0.25, 0.3) is 0 Å². The smallest absolute Gasteiger partial charge is 0.422 e. The first-order valence-corrected chi connectivity index (χ1v) is 7.02. The number of rotatable bonds is 5. The highest BCUT2D eigenvalue weighted by atomic mass is 19.4. The SMILES string of the molecule is CC(O)C1CCN(Cc2ccc(OCC(F)(F)F)cc2)C1. The van der Waals surface area contributed by atoms with E-state index in [0.29, 0.717) is 5.92 Å². The van der Waals surface area contributed by atoms with Crippen LogP contribution in [0.2, 0.25) is 0 Å². The first-order chi connectivity index (χ1) is 9.83. The Morgan fingerprint density at radius 3 is 2.52 bits per heavy atom. The number of aliphatic hydroxyl groups excluding tert-OH is 1. The Kier molecular flexibility index (Phi) is 5.11. The standard InChI is InChI=1S/C15H20F3NO2/c1-11(20)13-6-7-19(9-13)8-12-2-4-14(5-3-12)21-10-15(16,17)18/h2-5,11,13,20H,6-10H2,1H3. The third-order valence-corrected chi connectivity index (χ3v) is 3.72. The molecule has 3 nitrogen and oxygen atoms in total. The minimum absolute atomic E-state index is 0.222. The van der Waals surface area contributed by atoms with Gasteiger partial charge in [0.05, 0.1) is 6.10 Å². The van der Waals surface area contributed by atoms with Crippen LogP contribution in [0.4, 0.5) is 13.2 Å². The zero-order valence-electron chi connectivity index (χ0n) is 11.9. The van der Waals surface area contributed by atoms with Crippen molar-refractivity contribution in [3.05, 3.63) is 29.8 Å². The summed E-state index contributed by atoms with van der Waals surface area (Å²) in [6.45, 7) is 3.06. The Hall–Kier alpha value is -1.27. The fraction of sp³-hybridized carbons (Fsp3) is 0.600. The number of likely N-dealkylation sites (tertiary alicyclic amines) is 1.